The van der Waals surface area contributed by atoms with Crippen molar-refractivity contribution in [2.45, 2.75) is 20.3 Å². The molecule has 26 heavy (non-hydrogen) atoms. The Labute approximate surface area is 165 Å². The molecule has 0 spiro atoms. The Morgan fingerprint density at radius 2 is 2.19 bits per heavy atom. The van der Waals surface area contributed by atoms with E-state index in [0.29, 0.717) is 22.9 Å². The van der Waals surface area contributed by atoms with Gasteiger partial charge in [-0.05, 0) is 54.1 Å². The Hall–Kier alpha value is -2.43. The standard InChI is InChI=1S/C17H21IN6O2/c1-3-7-20-15-13(18)10-21-16(24-15)22-12-5-6-14(11(8-12)9-19)23-17(25)26-4-2/h5-6,8-10,19H,3-4,7H2,1-2H3,(H,23,25)(H2,20,21,22,24). The third-order valence-electron chi connectivity index (χ3n) is 3.26. The van der Waals surface area contributed by atoms with E-state index < -0.39 is 6.09 Å². The molecule has 0 aliphatic heterocycles. The molecule has 0 radical (unpaired) electrons. The van der Waals surface area contributed by atoms with Gasteiger partial charge in [0, 0.05) is 30.2 Å². The zero-order valence-corrected chi connectivity index (χ0v) is 16.8. The zero-order chi connectivity index (χ0) is 18.9. The van der Waals surface area contributed by atoms with Gasteiger partial charge in [0.2, 0.25) is 5.95 Å². The van der Waals surface area contributed by atoms with Gasteiger partial charge in [0.15, 0.2) is 0 Å². The summed E-state index contributed by atoms with van der Waals surface area (Å²) in [4.78, 5) is 20.3. The number of halogens is 1. The number of ether oxygens (including phenoxy) is 1. The fourth-order valence-electron chi connectivity index (χ4n) is 2.07. The Kier molecular flexibility index (Phi) is 7.57. The molecule has 0 bridgehead atoms. The average molecular weight is 468 g/mol. The van der Waals surface area contributed by atoms with Crippen molar-refractivity contribution in [3.05, 3.63) is 33.5 Å². The predicted octanol–water partition coefficient (Wildman–Crippen LogP) is 4.21. The lowest BCUT2D eigenvalue weighted by molar-refractivity contribution is 0.168. The van der Waals surface area contributed by atoms with Crippen LogP contribution in [0.4, 0.5) is 27.9 Å². The third kappa shape index (κ3) is 5.55. The van der Waals surface area contributed by atoms with Crippen LogP contribution in [0.25, 0.3) is 0 Å². The summed E-state index contributed by atoms with van der Waals surface area (Å²) in [6.07, 6.45) is 3.35. The number of hydrogen-bond donors (Lipinski definition) is 4. The number of carbonyl (C=O) groups excluding carboxylic acids is 1. The summed E-state index contributed by atoms with van der Waals surface area (Å²) in [5, 5.41) is 16.5. The monoisotopic (exact) mass is 468 g/mol. The van der Waals surface area contributed by atoms with Gasteiger partial charge in [-0.1, -0.05) is 6.92 Å². The van der Waals surface area contributed by atoms with Crippen LogP contribution in [0.2, 0.25) is 0 Å². The molecule has 0 fully saturated rings. The second-order valence-electron chi connectivity index (χ2n) is 5.23. The van der Waals surface area contributed by atoms with E-state index in [2.05, 4.69) is 55.4 Å². The second-order valence-corrected chi connectivity index (χ2v) is 6.40. The highest BCUT2D eigenvalue weighted by Crippen LogP contribution is 2.23. The molecular formula is C17H21IN6O2. The van der Waals surface area contributed by atoms with E-state index in [0.717, 1.165) is 28.6 Å². The summed E-state index contributed by atoms with van der Waals surface area (Å²) in [7, 11) is 0. The van der Waals surface area contributed by atoms with E-state index >= 15 is 0 Å². The molecule has 2 aromatic rings. The maximum absolute atomic E-state index is 11.6. The van der Waals surface area contributed by atoms with Gasteiger partial charge >= 0.3 is 6.09 Å². The fourth-order valence-corrected chi connectivity index (χ4v) is 2.53. The van der Waals surface area contributed by atoms with Crippen molar-refractivity contribution in [1.29, 1.82) is 5.41 Å². The van der Waals surface area contributed by atoms with Gasteiger partial charge in [0.1, 0.15) is 5.82 Å². The van der Waals surface area contributed by atoms with Crippen molar-refractivity contribution in [2.75, 3.05) is 29.1 Å². The average Bonchev–Trinajstić information content (AvgIpc) is 2.63. The number of rotatable bonds is 8. The molecule has 1 amide bonds. The van der Waals surface area contributed by atoms with Crippen LogP contribution in [0.15, 0.2) is 24.4 Å². The number of benzene rings is 1. The molecule has 0 saturated heterocycles. The van der Waals surface area contributed by atoms with Crippen LogP contribution in [0, 0.1) is 8.98 Å². The molecule has 0 aliphatic carbocycles. The summed E-state index contributed by atoms with van der Waals surface area (Å²) < 4.78 is 5.80. The van der Waals surface area contributed by atoms with E-state index in [1.807, 2.05) is 0 Å². The van der Waals surface area contributed by atoms with Crippen LogP contribution in [0.5, 0.6) is 0 Å². The number of hydrogen-bond acceptors (Lipinski definition) is 7. The molecule has 1 heterocycles. The molecule has 2 rings (SSSR count). The first-order valence-electron chi connectivity index (χ1n) is 8.19. The minimum absolute atomic E-state index is 0.282. The lowest BCUT2D eigenvalue weighted by atomic mass is 10.1. The normalized spacial score (nSPS) is 10.1. The van der Waals surface area contributed by atoms with Crippen molar-refractivity contribution in [2.24, 2.45) is 0 Å². The van der Waals surface area contributed by atoms with Gasteiger partial charge in [-0.25, -0.2) is 9.78 Å². The molecule has 4 N–H and O–H groups in total. The van der Waals surface area contributed by atoms with Gasteiger partial charge in [-0.2, -0.15) is 4.98 Å². The van der Waals surface area contributed by atoms with Gasteiger partial charge in [-0.3, -0.25) is 5.32 Å². The first-order valence-corrected chi connectivity index (χ1v) is 9.27. The van der Waals surface area contributed by atoms with Crippen molar-refractivity contribution < 1.29 is 9.53 Å². The quantitative estimate of drug-likeness (QED) is 0.341. The van der Waals surface area contributed by atoms with Crippen LogP contribution in [-0.4, -0.2) is 35.4 Å². The van der Waals surface area contributed by atoms with Crippen molar-refractivity contribution >= 4 is 58.0 Å². The van der Waals surface area contributed by atoms with Crippen molar-refractivity contribution in [1.82, 2.24) is 9.97 Å². The molecule has 0 unspecified atom stereocenters. The highest BCUT2D eigenvalue weighted by atomic mass is 127. The minimum atomic E-state index is -0.552. The number of nitrogens with one attached hydrogen (secondary N) is 4. The molecule has 8 nitrogen and oxygen atoms in total. The largest absolute Gasteiger partial charge is 0.450 e. The van der Waals surface area contributed by atoms with E-state index in [9.17, 15) is 4.79 Å². The van der Waals surface area contributed by atoms with Crippen LogP contribution in [0.3, 0.4) is 0 Å². The highest BCUT2D eigenvalue weighted by Gasteiger charge is 2.09. The lowest BCUT2D eigenvalue weighted by Gasteiger charge is -2.12. The minimum Gasteiger partial charge on any atom is -0.450 e. The summed E-state index contributed by atoms with van der Waals surface area (Å²) in [5.74, 6) is 1.23. The number of nitrogens with zero attached hydrogens (tertiary/aromatic N) is 2. The molecule has 1 aromatic heterocycles. The summed E-state index contributed by atoms with van der Waals surface area (Å²) in [6.45, 7) is 4.93. The molecule has 0 atom stereocenters. The first-order chi connectivity index (χ1) is 12.6. The topological polar surface area (TPSA) is 112 Å². The third-order valence-corrected chi connectivity index (χ3v) is 4.05. The van der Waals surface area contributed by atoms with Gasteiger partial charge in [-0.15, -0.1) is 0 Å². The van der Waals surface area contributed by atoms with E-state index in [4.69, 9.17) is 10.1 Å². The van der Waals surface area contributed by atoms with E-state index in [1.165, 1.54) is 0 Å². The molecule has 138 valence electrons. The number of anilines is 4. The van der Waals surface area contributed by atoms with Crippen LogP contribution < -0.4 is 16.0 Å². The van der Waals surface area contributed by atoms with Crippen molar-refractivity contribution in [3.63, 3.8) is 0 Å². The Morgan fingerprint density at radius 3 is 2.88 bits per heavy atom. The number of aromatic nitrogens is 2. The maximum Gasteiger partial charge on any atom is 0.411 e. The number of amides is 1. The SMILES string of the molecule is CCCNc1nc(Nc2ccc(NC(=O)OCC)c(C=N)c2)ncc1I. The molecule has 0 saturated carbocycles. The van der Waals surface area contributed by atoms with Gasteiger partial charge < -0.3 is 20.8 Å². The Bertz CT molecular complexity index is 784. The van der Waals surface area contributed by atoms with Crippen LogP contribution in [0.1, 0.15) is 25.8 Å². The lowest BCUT2D eigenvalue weighted by Crippen LogP contribution is -2.14. The van der Waals surface area contributed by atoms with Gasteiger partial charge in [0.05, 0.1) is 15.9 Å². The fraction of sp³-hybridized carbons (Fsp3) is 0.294. The van der Waals surface area contributed by atoms with E-state index in [1.54, 1.807) is 31.3 Å². The molecular weight excluding hydrogens is 447 g/mol. The van der Waals surface area contributed by atoms with Crippen molar-refractivity contribution in [3.8, 4) is 0 Å². The molecule has 1 aromatic carbocycles. The number of carbonyl (C=O) groups is 1. The predicted molar refractivity (Wildman–Crippen MR) is 112 cm³/mol. The Balaban J connectivity index is 2.17. The zero-order valence-electron chi connectivity index (χ0n) is 14.6. The Morgan fingerprint density at radius 1 is 1.38 bits per heavy atom. The van der Waals surface area contributed by atoms with Crippen LogP contribution in [-0.2, 0) is 4.74 Å². The highest BCUT2D eigenvalue weighted by molar-refractivity contribution is 14.1. The molecule has 9 heteroatoms. The van der Waals surface area contributed by atoms with Gasteiger partial charge in [0.25, 0.3) is 0 Å². The molecule has 0 aliphatic rings. The summed E-state index contributed by atoms with van der Waals surface area (Å²) in [6, 6.07) is 5.20. The first kappa shape index (κ1) is 19.9. The second kappa shape index (κ2) is 9.90. The van der Waals surface area contributed by atoms with E-state index in [-0.39, 0.29) is 6.61 Å². The summed E-state index contributed by atoms with van der Waals surface area (Å²) >= 11 is 2.18. The smallest absolute Gasteiger partial charge is 0.411 e. The maximum atomic E-state index is 11.6. The summed E-state index contributed by atoms with van der Waals surface area (Å²) in [5.41, 5.74) is 1.75. The van der Waals surface area contributed by atoms with Crippen LogP contribution >= 0.6 is 22.6 Å².